The van der Waals surface area contributed by atoms with Crippen molar-refractivity contribution in [3.8, 4) is 0 Å². The molecule has 0 bridgehead atoms. The number of benzene rings is 2. The standard InChI is InChI=1S/C26H28BrN5/c27-22-11-6-9-19(17-22)12-15-29-26-30-24-23-21(10-4-5-14-28-24)13-16-32(25(23)31-26)18-20-7-2-1-3-8-20/h1-3,6-11,17H,4-5,12-16,18H2,(H2,28,29,30,31). The minimum Gasteiger partial charge on any atom is -0.369 e. The van der Waals surface area contributed by atoms with Crippen molar-refractivity contribution in [3.05, 3.63) is 81.8 Å². The van der Waals surface area contributed by atoms with Crippen LogP contribution in [0.1, 0.15) is 36.0 Å². The number of aromatic nitrogens is 2. The molecule has 5 nitrogen and oxygen atoms in total. The van der Waals surface area contributed by atoms with E-state index in [-0.39, 0.29) is 0 Å². The van der Waals surface area contributed by atoms with Crippen LogP contribution in [-0.2, 0) is 13.0 Å². The molecule has 0 fully saturated rings. The van der Waals surface area contributed by atoms with Crippen LogP contribution >= 0.6 is 15.9 Å². The van der Waals surface area contributed by atoms with Crippen LogP contribution in [0.25, 0.3) is 5.57 Å². The van der Waals surface area contributed by atoms with Crippen LogP contribution in [0.15, 0.2) is 65.1 Å². The summed E-state index contributed by atoms with van der Waals surface area (Å²) in [5.41, 5.74) is 5.15. The van der Waals surface area contributed by atoms with E-state index in [1.165, 1.54) is 22.3 Å². The Hall–Kier alpha value is -2.86. The summed E-state index contributed by atoms with van der Waals surface area (Å²) in [5, 5.41) is 7.05. The third kappa shape index (κ3) is 4.80. The van der Waals surface area contributed by atoms with Crippen LogP contribution in [0.5, 0.6) is 0 Å². The Morgan fingerprint density at radius 1 is 1.03 bits per heavy atom. The summed E-state index contributed by atoms with van der Waals surface area (Å²) >= 11 is 3.55. The van der Waals surface area contributed by atoms with E-state index in [9.17, 15) is 0 Å². The van der Waals surface area contributed by atoms with Crippen LogP contribution in [0.4, 0.5) is 17.6 Å². The predicted octanol–water partition coefficient (Wildman–Crippen LogP) is 5.89. The van der Waals surface area contributed by atoms with Gasteiger partial charge in [0.15, 0.2) is 0 Å². The molecule has 6 heteroatoms. The van der Waals surface area contributed by atoms with Crippen molar-refractivity contribution in [2.45, 2.75) is 32.2 Å². The second-order valence-corrected chi connectivity index (χ2v) is 9.27. The van der Waals surface area contributed by atoms with Crippen molar-refractivity contribution in [1.82, 2.24) is 9.97 Å². The first kappa shape index (κ1) is 21.0. The minimum absolute atomic E-state index is 0.695. The molecule has 3 aromatic rings. The number of nitrogens with zero attached hydrogens (tertiary/aromatic N) is 3. The zero-order valence-corrected chi connectivity index (χ0v) is 19.7. The maximum Gasteiger partial charge on any atom is 0.226 e. The van der Waals surface area contributed by atoms with E-state index in [4.69, 9.17) is 9.97 Å². The summed E-state index contributed by atoms with van der Waals surface area (Å²) in [5.74, 6) is 2.69. The van der Waals surface area contributed by atoms with Gasteiger partial charge in [-0.3, -0.25) is 0 Å². The smallest absolute Gasteiger partial charge is 0.226 e. The highest BCUT2D eigenvalue weighted by Gasteiger charge is 2.27. The molecule has 0 spiro atoms. The van der Waals surface area contributed by atoms with Crippen LogP contribution in [0.3, 0.4) is 0 Å². The average molecular weight is 490 g/mol. The van der Waals surface area contributed by atoms with Gasteiger partial charge in [0.05, 0.1) is 5.56 Å². The van der Waals surface area contributed by atoms with Gasteiger partial charge < -0.3 is 15.5 Å². The molecule has 0 unspecified atom stereocenters. The number of allylic oxidation sites excluding steroid dienone is 1. The Balaban J connectivity index is 1.43. The summed E-state index contributed by atoms with van der Waals surface area (Å²) in [6.45, 7) is 3.55. The molecule has 0 atom stereocenters. The van der Waals surface area contributed by atoms with Crippen molar-refractivity contribution in [1.29, 1.82) is 0 Å². The molecule has 2 aliphatic rings. The van der Waals surface area contributed by atoms with Gasteiger partial charge in [0, 0.05) is 30.7 Å². The molecular weight excluding hydrogens is 462 g/mol. The second-order valence-electron chi connectivity index (χ2n) is 8.36. The van der Waals surface area contributed by atoms with Crippen LogP contribution in [-0.4, -0.2) is 29.6 Å². The van der Waals surface area contributed by atoms with Gasteiger partial charge in [-0.2, -0.15) is 9.97 Å². The van der Waals surface area contributed by atoms with Gasteiger partial charge in [-0.1, -0.05) is 64.5 Å². The molecule has 2 N–H and O–H groups in total. The molecule has 2 aromatic carbocycles. The Morgan fingerprint density at radius 2 is 1.91 bits per heavy atom. The van der Waals surface area contributed by atoms with E-state index in [0.717, 1.165) is 68.0 Å². The Labute approximate surface area is 198 Å². The van der Waals surface area contributed by atoms with Crippen LogP contribution in [0.2, 0.25) is 0 Å². The van der Waals surface area contributed by atoms with Crippen LogP contribution < -0.4 is 15.5 Å². The Morgan fingerprint density at radius 3 is 2.78 bits per heavy atom. The lowest BCUT2D eigenvalue weighted by molar-refractivity contribution is 0.754. The van der Waals surface area contributed by atoms with Crippen molar-refractivity contribution in [3.63, 3.8) is 0 Å². The maximum atomic E-state index is 5.02. The average Bonchev–Trinajstić information content (AvgIpc) is 2.79. The van der Waals surface area contributed by atoms with E-state index < -0.39 is 0 Å². The van der Waals surface area contributed by atoms with Crippen molar-refractivity contribution in [2.75, 3.05) is 35.2 Å². The van der Waals surface area contributed by atoms with Gasteiger partial charge in [-0.25, -0.2) is 0 Å². The Bertz CT molecular complexity index is 1110. The summed E-state index contributed by atoms with van der Waals surface area (Å²) < 4.78 is 1.11. The number of rotatable bonds is 6. The summed E-state index contributed by atoms with van der Waals surface area (Å²) in [6.07, 6.45) is 6.58. The van der Waals surface area contributed by atoms with Crippen molar-refractivity contribution < 1.29 is 0 Å². The molecule has 5 rings (SSSR count). The first-order chi connectivity index (χ1) is 15.8. The highest BCUT2D eigenvalue weighted by molar-refractivity contribution is 9.10. The number of hydrogen-bond donors (Lipinski definition) is 2. The van der Waals surface area contributed by atoms with E-state index in [1.807, 2.05) is 0 Å². The van der Waals surface area contributed by atoms with Gasteiger partial charge in [0.1, 0.15) is 11.6 Å². The molecule has 0 saturated carbocycles. The van der Waals surface area contributed by atoms with Crippen molar-refractivity contribution in [2.24, 2.45) is 0 Å². The third-order valence-electron chi connectivity index (χ3n) is 6.03. The van der Waals surface area contributed by atoms with E-state index in [2.05, 4.69) is 92.1 Å². The van der Waals surface area contributed by atoms with E-state index in [1.54, 1.807) is 0 Å². The van der Waals surface area contributed by atoms with Crippen LogP contribution in [0, 0.1) is 0 Å². The minimum atomic E-state index is 0.695. The molecule has 2 aliphatic heterocycles. The SMILES string of the molecule is Brc1cccc(CCNc2nc3c4c(n2)N(Cc2ccccc2)CCC4=CCCCN3)c1. The fraction of sp³-hybridized carbons (Fsp3) is 0.308. The summed E-state index contributed by atoms with van der Waals surface area (Å²) in [4.78, 5) is 12.3. The Kier molecular flexibility index (Phi) is 6.39. The molecule has 0 aliphatic carbocycles. The third-order valence-corrected chi connectivity index (χ3v) is 6.52. The van der Waals surface area contributed by atoms with Gasteiger partial charge >= 0.3 is 0 Å². The predicted molar refractivity (Wildman–Crippen MR) is 136 cm³/mol. The maximum absolute atomic E-state index is 5.02. The normalized spacial score (nSPS) is 15.2. The van der Waals surface area contributed by atoms with E-state index in [0.29, 0.717) is 5.95 Å². The molecule has 1 aromatic heterocycles. The fourth-order valence-electron chi connectivity index (χ4n) is 4.42. The molecule has 0 radical (unpaired) electrons. The number of anilines is 3. The summed E-state index contributed by atoms with van der Waals surface area (Å²) in [7, 11) is 0. The number of halogens is 1. The summed E-state index contributed by atoms with van der Waals surface area (Å²) in [6, 6.07) is 19.1. The molecule has 164 valence electrons. The van der Waals surface area contributed by atoms with E-state index >= 15 is 0 Å². The van der Waals surface area contributed by atoms with Gasteiger partial charge in [0.2, 0.25) is 5.95 Å². The first-order valence-electron chi connectivity index (χ1n) is 11.4. The lowest BCUT2D eigenvalue weighted by Crippen LogP contribution is -2.31. The quantitative estimate of drug-likeness (QED) is 0.451. The molecule has 3 heterocycles. The topological polar surface area (TPSA) is 53.1 Å². The number of hydrogen-bond acceptors (Lipinski definition) is 5. The van der Waals surface area contributed by atoms with Gasteiger partial charge in [-0.05, 0) is 54.5 Å². The highest BCUT2D eigenvalue weighted by atomic mass is 79.9. The largest absolute Gasteiger partial charge is 0.369 e. The second kappa shape index (κ2) is 9.74. The lowest BCUT2D eigenvalue weighted by atomic mass is 9.96. The van der Waals surface area contributed by atoms with Gasteiger partial charge in [-0.15, -0.1) is 0 Å². The number of nitrogens with one attached hydrogen (secondary N) is 2. The van der Waals surface area contributed by atoms with Crippen molar-refractivity contribution >= 4 is 39.1 Å². The highest BCUT2D eigenvalue weighted by Crippen LogP contribution is 2.40. The zero-order chi connectivity index (χ0) is 21.8. The molecule has 32 heavy (non-hydrogen) atoms. The van der Waals surface area contributed by atoms with Gasteiger partial charge in [0.25, 0.3) is 0 Å². The lowest BCUT2D eigenvalue weighted by Gasteiger charge is -2.33. The monoisotopic (exact) mass is 489 g/mol. The zero-order valence-electron chi connectivity index (χ0n) is 18.1. The molecule has 0 amide bonds. The fourth-order valence-corrected chi connectivity index (χ4v) is 4.87. The molecule has 0 saturated heterocycles. The molecular formula is C26H28BrN5. The first-order valence-corrected chi connectivity index (χ1v) is 12.2.